The largest absolute Gasteiger partial charge is 0.497 e. The Balaban J connectivity index is 1.43. The van der Waals surface area contributed by atoms with Crippen LogP contribution in [0.5, 0.6) is 5.75 Å². The highest BCUT2D eigenvalue weighted by molar-refractivity contribution is 5.84. The fraction of sp³-hybridized carbons (Fsp3) is 0.696. The van der Waals surface area contributed by atoms with Crippen molar-refractivity contribution in [1.82, 2.24) is 10.2 Å². The summed E-state index contributed by atoms with van der Waals surface area (Å²) in [5.41, 5.74) is 1.07. The lowest BCUT2D eigenvalue weighted by molar-refractivity contribution is -0.146. The summed E-state index contributed by atoms with van der Waals surface area (Å²) in [5, 5.41) is 3.73. The quantitative estimate of drug-likeness (QED) is 0.886. The number of nitrogens with zero attached hydrogens (tertiary/aromatic N) is 1. The predicted octanol–water partition coefficient (Wildman–Crippen LogP) is 3.40. The van der Waals surface area contributed by atoms with Gasteiger partial charge in [-0.15, -0.1) is 0 Å². The van der Waals surface area contributed by atoms with Crippen LogP contribution < -0.4 is 10.1 Å². The SMILES string of the molecule is COc1cccc(CC2(C(=O)N3CCC4CCC(C3)N4)CC3CCC2C3)c1. The molecule has 0 radical (unpaired) electrons. The van der Waals surface area contributed by atoms with Crippen LogP contribution in [0.25, 0.3) is 0 Å². The second kappa shape index (κ2) is 6.80. The number of benzene rings is 1. The van der Waals surface area contributed by atoms with Gasteiger partial charge in [-0.05, 0) is 74.5 Å². The standard InChI is InChI=1S/C23H32N2O2/c1-27-21-4-2-3-16(12-21)13-23(14-17-5-6-18(23)11-17)22(26)25-10-9-19-7-8-20(15-25)24-19/h2-4,12,17-20,24H,5-11,13-15H2,1H3. The lowest BCUT2D eigenvalue weighted by Crippen LogP contribution is -2.50. The van der Waals surface area contributed by atoms with Gasteiger partial charge in [0.05, 0.1) is 12.5 Å². The summed E-state index contributed by atoms with van der Waals surface area (Å²) in [6.07, 6.45) is 9.41. The normalized spacial score (nSPS) is 37.4. The number of carbonyl (C=O) groups is 1. The van der Waals surface area contributed by atoms with E-state index in [1.807, 2.05) is 6.07 Å². The second-order valence-corrected chi connectivity index (χ2v) is 9.44. The van der Waals surface area contributed by atoms with Crippen molar-refractivity contribution in [3.05, 3.63) is 29.8 Å². The van der Waals surface area contributed by atoms with Gasteiger partial charge >= 0.3 is 0 Å². The third-order valence-corrected chi connectivity index (χ3v) is 7.87. The zero-order valence-electron chi connectivity index (χ0n) is 16.5. The molecular weight excluding hydrogens is 336 g/mol. The summed E-state index contributed by atoms with van der Waals surface area (Å²) in [6, 6.07) is 9.50. The van der Waals surface area contributed by atoms with E-state index in [4.69, 9.17) is 4.74 Å². The number of methoxy groups -OCH3 is 1. The van der Waals surface area contributed by atoms with Crippen LogP contribution in [0.15, 0.2) is 24.3 Å². The first-order chi connectivity index (χ1) is 13.2. The number of likely N-dealkylation sites (tertiary alicyclic amines) is 1. The Bertz CT molecular complexity index is 720. The Hall–Kier alpha value is -1.55. The second-order valence-electron chi connectivity index (χ2n) is 9.44. The molecule has 5 unspecified atom stereocenters. The van der Waals surface area contributed by atoms with Gasteiger partial charge in [-0.1, -0.05) is 18.6 Å². The van der Waals surface area contributed by atoms with E-state index in [0.29, 0.717) is 23.9 Å². The summed E-state index contributed by atoms with van der Waals surface area (Å²) in [7, 11) is 1.72. The van der Waals surface area contributed by atoms with Crippen LogP contribution in [0.3, 0.4) is 0 Å². The zero-order valence-corrected chi connectivity index (χ0v) is 16.5. The van der Waals surface area contributed by atoms with Crippen LogP contribution in [0, 0.1) is 17.3 Å². The van der Waals surface area contributed by atoms with Gasteiger partial charge in [-0.3, -0.25) is 4.79 Å². The lowest BCUT2D eigenvalue weighted by atomic mass is 9.68. The average Bonchev–Trinajstić information content (AvgIpc) is 3.36. The maximum absolute atomic E-state index is 14.0. The Morgan fingerprint density at radius 2 is 2.11 bits per heavy atom. The molecule has 1 aromatic rings. The molecule has 4 aliphatic rings. The Morgan fingerprint density at radius 3 is 2.89 bits per heavy atom. The number of fused-ring (bicyclic) bond motifs is 4. The average molecular weight is 369 g/mol. The van der Waals surface area contributed by atoms with Crippen LogP contribution in [-0.4, -0.2) is 43.1 Å². The fourth-order valence-electron chi connectivity index (χ4n) is 6.59. The molecule has 2 saturated heterocycles. The summed E-state index contributed by atoms with van der Waals surface area (Å²) in [4.78, 5) is 16.2. The zero-order chi connectivity index (χ0) is 18.4. The van der Waals surface area contributed by atoms with Gasteiger partial charge < -0.3 is 15.0 Å². The van der Waals surface area contributed by atoms with Crippen molar-refractivity contribution in [2.24, 2.45) is 17.3 Å². The molecule has 4 heteroatoms. The Morgan fingerprint density at radius 1 is 1.22 bits per heavy atom. The molecule has 2 aliphatic carbocycles. The Kier molecular flexibility index (Phi) is 4.42. The molecular formula is C23H32N2O2. The van der Waals surface area contributed by atoms with E-state index in [-0.39, 0.29) is 5.41 Å². The van der Waals surface area contributed by atoms with E-state index in [1.165, 1.54) is 37.7 Å². The summed E-state index contributed by atoms with van der Waals surface area (Å²) >= 11 is 0. The lowest BCUT2D eigenvalue weighted by Gasteiger charge is -2.41. The van der Waals surface area contributed by atoms with Crippen molar-refractivity contribution in [3.8, 4) is 5.75 Å². The summed E-state index contributed by atoms with van der Waals surface area (Å²) in [5.74, 6) is 2.67. The van der Waals surface area contributed by atoms with Crippen LogP contribution in [0.2, 0.25) is 0 Å². The number of ether oxygens (including phenoxy) is 1. The monoisotopic (exact) mass is 368 g/mol. The van der Waals surface area contributed by atoms with Crippen LogP contribution in [0.1, 0.15) is 50.5 Å². The van der Waals surface area contributed by atoms with Crippen molar-refractivity contribution >= 4 is 5.91 Å². The number of rotatable bonds is 4. The van der Waals surface area contributed by atoms with E-state index in [2.05, 4.69) is 28.4 Å². The van der Waals surface area contributed by atoms with Crippen molar-refractivity contribution in [2.75, 3.05) is 20.2 Å². The van der Waals surface area contributed by atoms with Crippen LogP contribution in [0.4, 0.5) is 0 Å². The smallest absolute Gasteiger partial charge is 0.229 e. The van der Waals surface area contributed by atoms with E-state index < -0.39 is 0 Å². The highest BCUT2D eigenvalue weighted by Gasteiger charge is 2.56. The van der Waals surface area contributed by atoms with Gasteiger partial charge in [0.25, 0.3) is 0 Å². The first-order valence-electron chi connectivity index (χ1n) is 10.8. The summed E-state index contributed by atoms with van der Waals surface area (Å²) in [6.45, 7) is 1.84. The van der Waals surface area contributed by atoms with Gasteiger partial charge in [0.1, 0.15) is 5.75 Å². The summed E-state index contributed by atoms with van der Waals surface area (Å²) < 4.78 is 5.44. The molecule has 5 atom stereocenters. The van der Waals surface area contributed by atoms with Gasteiger partial charge in [0.15, 0.2) is 0 Å². The third kappa shape index (κ3) is 3.06. The van der Waals surface area contributed by atoms with Crippen molar-refractivity contribution < 1.29 is 9.53 Å². The van der Waals surface area contributed by atoms with Crippen LogP contribution >= 0.6 is 0 Å². The molecule has 4 bridgehead atoms. The number of nitrogens with one attached hydrogen (secondary N) is 1. The minimum atomic E-state index is -0.182. The molecule has 27 heavy (non-hydrogen) atoms. The van der Waals surface area contributed by atoms with Crippen molar-refractivity contribution in [3.63, 3.8) is 0 Å². The number of hydrogen-bond donors (Lipinski definition) is 1. The van der Waals surface area contributed by atoms with Gasteiger partial charge in [0, 0.05) is 25.2 Å². The molecule has 0 spiro atoms. The molecule has 146 valence electrons. The van der Waals surface area contributed by atoms with Gasteiger partial charge in [0.2, 0.25) is 5.91 Å². The maximum atomic E-state index is 14.0. The minimum Gasteiger partial charge on any atom is -0.497 e. The van der Waals surface area contributed by atoms with E-state index in [1.54, 1.807) is 7.11 Å². The molecule has 2 saturated carbocycles. The minimum absolute atomic E-state index is 0.182. The molecule has 5 rings (SSSR count). The topological polar surface area (TPSA) is 41.6 Å². The number of carbonyl (C=O) groups excluding carboxylic acids is 1. The van der Waals surface area contributed by atoms with Gasteiger partial charge in [-0.2, -0.15) is 0 Å². The molecule has 4 fully saturated rings. The van der Waals surface area contributed by atoms with E-state index in [9.17, 15) is 4.79 Å². The molecule has 2 heterocycles. The Labute approximate surface area is 162 Å². The van der Waals surface area contributed by atoms with E-state index in [0.717, 1.165) is 44.0 Å². The molecule has 1 aromatic carbocycles. The first kappa shape index (κ1) is 17.5. The first-order valence-corrected chi connectivity index (χ1v) is 10.8. The predicted molar refractivity (Wildman–Crippen MR) is 106 cm³/mol. The third-order valence-electron chi connectivity index (χ3n) is 7.87. The van der Waals surface area contributed by atoms with Crippen LogP contribution in [-0.2, 0) is 11.2 Å². The number of hydrogen-bond acceptors (Lipinski definition) is 3. The highest BCUT2D eigenvalue weighted by Crippen LogP contribution is 2.58. The van der Waals surface area contributed by atoms with E-state index >= 15 is 0 Å². The maximum Gasteiger partial charge on any atom is 0.229 e. The van der Waals surface area contributed by atoms with Crippen molar-refractivity contribution in [2.45, 2.75) is 63.5 Å². The molecule has 0 aromatic heterocycles. The molecule has 4 nitrogen and oxygen atoms in total. The molecule has 1 amide bonds. The van der Waals surface area contributed by atoms with Crippen molar-refractivity contribution in [1.29, 1.82) is 0 Å². The highest BCUT2D eigenvalue weighted by atomic mass is 16.5. The molecule has 1 N–H and O–H groups in total. The molecule has 2 aliphatic heterocycles. The number of amides is 1. The van der Waals surface area contributed by atoms with Gasteiger partial charge in [-0.25, -0.2) is 0 Å². The fourth-order valence-corrected chi connectivity index (χ4v) is 6.59.